The fourth-order valence-corrected chi connectivity index (χ4v) is 4.04. The summed E-state index contributed by atoms with van der Waals surface area (Å²) in [5, 5.41) is 0. The highest BCUT2D eigenvalue weighted by Gasteiger charge is 2.26. The molecule has 2 aromatic rings. The molecule has 9 heteroatoms. The van der Waals surface area contributed by atoms with Gasteiger partial charge in [0.1, 0.15) is 0 Å². The van der Waals surface area contributed by atoms with Crippen LogP contribution in [0.1, 0.15) is 20.7 Å². The van der Waals surface area contributed by atoms with Crippen LogP contribution in [-0.2, 0) is 14.8 Å². The fourth-order valence-electron chi connectivity index (χ4n) is 2.58. The lowest BCUT2D eigenvalue weighted by Gasteiger charge is -2.26. The Morgan fingerprint density at radius 2 is 1.44 bits per heavy atom. The minimum Gasteiger partial charge on any atom is -0.379 e. The summed E-state index contributed by atoms with van der Waals surface area (Å²) in [7, 11) is -3.71. The maximum atomic E-state index is 12.7. The van der Waals surface area contributed by atoms with Gasteiger partial charge in [0.25, 0.3) is 11.8 Å². The van der Waals surface area contributed by atoms with Crippen molar-refractivity contribution in [2.24, 2.45) is 0 Å². The van der Waals surface area contributed by atoms with Crippen LogP contribution in [0.3, 0.4) is 0 Å². The van der Waals surface area contributed by atoms with Crippen molar-refractivity contribution in [2.45, 2.75) is 4.90 Å². The van der Waals surface area contributed by atoms with Crippen molar-refractivity contribution < 1.29 is 22.7 Å². The van der Waals surface area contributed by atoms with Crippen molar-refractivity contribution >= 4 is 21.8 Å². The van der Waals surface area contributed by atoms with Crippen LogP contribution in [0.2, 0.25) is 0 Å². The maximum Gasteiger partial charge on any atom is 0.269 e. The number of morpholine rings is 1. The average molecular weight is 389 g/mol. The number of carbonyl (C=O) groups excluding carboxylic acids is 2. The first-order valence-electron chi connectivity index (χ1n) is 8.32. The first kappa shape index (κ1) is 19.0. The van der Waals surface area contributed by atoms with Crippen molar-refractivity contribution in [1.82, 2.24) is 15.2 Å². The van der Waals surface area contributed by atoms with E-state index >= 15 is 0 Å². The third kappa shape index (κ3) is 4.51. The minimum absolute atomic E-state index is 0.0198. The van der Waals surface area contributed by atoms with Gasteiger partial charge in [0, 0.05) is 24.2 Å². The number of rotatable bonds is 4. The number of hydrogen-bond donors (Lipinski definition) is 2. The van der Waals surface area contributed by atoms with Crippen LogP contribution in [0.15, 0.2) is 59.5 Å². The van der Waals surface area contributed by atoms with E-state index in [4.69, 9.17) is 4.74 Å². The molecule has 1 saturated heterocycles. The molecule has 1 aliphatic heterocycles. The second-order valence-electron chi connectivity index (χ2n) is 5.82. The van der Waals surface area contributed by atoms with Gasteiger partial charge in [-0.25, -0.2) is 8.42 Å². The van der Waals surface area contributed by atoms with Gasteiger partial charge in [-0.2, -0.15) is 4.31 Å². The molecule has 8 nitrogen and oxygen atoms in total. The number of benzene rings is 2. The highest BCUT2D eigenvalue weighted by molar-refractivity contribution is 7.89. The second kappa shape index (κ2) is 8.30. The van der Waals surface area contributed by atoms with Gasteiger partial charge in [-0.3, -0.25) is 20.4 Å². The molecular formula is C18H19N3O5S. The normalized spacial score (nSPS) is 15.1. The zero-order chi connectivity index (χ0) is 19.3. The molecule has 0 aromatic heterocycles. The molecule has 0 saturated carbocycles. The van der Waals surface area contributed by atoms with Crippen LogP contribution in [0, 0.1) is 0 Å². The third-order valence-corrected chi connectivity index (χ3v) is 5.92. The number of ether oxygens (including phenoxy) is 1. The van der Waals surface area contributed by atoms with Gasteiger partial charge in [0.05, 0.1) is 18.1 Å². The van der Waals surface area contributed by atoms with Crippen molar-refractivity contribution in [3.63, 3.8) is 0 Å². The van der Waals surface area contributed by atoms with Gasteiger partial charge in [-0.1, -0.05) is 24.3 Å². The lowest BCUT2D eigenvalue weighted by Crippen LogP contribution is -2.42. The van der Waals surface area contributed by atoms with Crippen LogP contribution >= 0.6 is 0 Å². The van der Waals surface area contributed by atoms with Gasteiger partial charge in [-0.15, -0.1) is 0 Å². The molecule has 27 heavy (non-hydrogen) atoms. The van der Waals surface area contributed by atoms with Crippen molar-refractivity contribution in [2.75, 3.05) is 26.3 Å². The Morgan fingerprint density at radius 1 is 0.852 bits per heavy atom. The Hall–Kier alpha value is -2.75. The predicted molar refractivity (Wildman–Crippen MR) is 97.4 cm³/mol. The Labute approximate surface area is 157 Å². The van der Waals surface area contributed by atoms with E-state index in [1.54, 1.807) is 30.3 Å². The summed E-state index contributed by atoms with van der Waals surface area (Å²) in [5.41, 5.74) is 5.11. The molecule has 1 aliphatic rings. The quantitative estimate of drug-likeness (QED) is 0.752. The monoisotopic (exact) mass is 389 g/mol. The number of nitrogens with zero attached hydrogens (tertiary/aromatic N) is 1. The molecule has 0 atom stereocenters. The Bertz CT molecular complexity index is 925. The molecule has 0 aliphatic carbocycles. The van der Waals surface area contributed by atoms with E-state index in [-0.39, 0.29) is 23.5 Å². The summed E-state index contributed by atoms with van der Waals surface area (Å²) < 4.78 is 31.9. The van der Waals surface area contributed by atoms with Crippen molar-refractivity contribution in [3.8, 4) is 0 Å². The molecule has 1 heterocycles. The minimum atomic E-state index is -3.71. The number of sulfonamides is 1. The highest BCUT2D eigenvalue weighted by Crippen LogP contribution is 2.18. The first-order chi connectivity index (χ1) is 13.0. The molecule has 0 unspecified atom stereocenters. The van der Waals surface area contributed by atoms with Gasteiger partial charge < -0.3 is 4.74 Å². The van der Waals surface area contributed by atoms with Gasteiger partial charge in [0.2, 0.25) is 10.0 Å². The van der Waals surface area contributed by atoms with E-state index < -0.39 is 21.8 Å². The van der Waals surface area contributed by atoms with Crippen molar-refractivity contribution in [3.05, 3.63) is 65.7 Å². The van der Waals surface area contributed by atoms with Crippen LogP contribution in [-0.4, -0.2) is 50.8 Å². The molecule has 0 spiro atoms. The lowest BCUT2D eigenvalue weighted by molar-refractivity contribution is 0.0730. The molecule has 2 aromatic carbocycles. The Morgan fingerprint density at radius 3 is 2.11 bits per heavy atom. The van der Waals surface area contributed by atoms with E-state index in [1.807, 2.05) is 0 Å². The van der Waals surface area contributed by atoms with Crippen LogP contribution in [0.4, 0.5) is 0 Å². The highest BCUT2D eigenvalue weighted by atomic mass is 32.2. The smallest absolute Gasteiger partial charge is 0.269 e. The molecule has 142 valence electrons. The first-order valence-corrected chi connectivity index (χ1v) is 9.76. The summed E-state index contributed by atoms with van der Waals surface area (Å²) in [5.74, 6) is -1.08. The van der Waals surface area contributed by atoms with E-state index in [0.717, 1.165) is 0 Å². The van der Waals surface area contributed by atoms with E-state index in [1.165, 1.54) is 28.6 Å². The standard InChI is InChI=1S/C18H19N3O5S/c22-17(14-5-2-1-3-6-14)19-20-18(23)15-7-4-8-16(13-15)27(24,25)21-9-11-26-12-10-21/h1-8,13H,9-12H2,(H,19,22)(H,20,23). The number of carbonyl (C=O) groups is 2. The predicted octanol–water partition coefficient (Wildman–Crippen LogP) is 0.782. The molecule has 2 amide bonds. The van der Waals surface area contributed by atoms with E-state index in [9.17, 15) is 18.0 Å². The molecular weight excluding hydrogens is 370 g/mol. The Balaban J connectivity index is 1.69. The van der Waals surface area contributed by atoms with Crippen LogP contribution in [0.5, 0.6) is 0 Å². The number of hydrogen-bond acceptors (Lipinski definition) is 5. The molecule has 3 rings (SSSR count). The lowest BCUT2D eigenvalue weighted by atomic mass is 10.2. The summed E-state index contributed by atoms with van der Waals surface area (Å²) in [6.45, 7) is 1.22. The topological polar surface area (TPSA) is 105 Å². The molecule has 0 radical (unpaired) electrons. The average Bonchev–Trinajstić information content (AvgIpc) is 2.73. The number of amides is 2. The molecule has 2 N–H and O–H groups in total. The van der Waals surface area contributed by atoms with E-state index in [0.29, 0.717) is 18.8 Å². The number of nitrogens with one attached hydrogen (secondary N) is 2. The van der Waals surface area contributed by atoms with Crippen LogP contribution in [0.25, 0.3) is 0 Å². The molecule has 0 bridgehead atoms. The zero-order valence-electron chi connectivity index (χ0n) is 14.4. The second-order valence-corrected chi connectivity index (χ2v) is 7.76. The summed E-state index contributed by atoms with van der Waals surface area (Å²) in [4.78, 5) is 24.3. The maximum absolute atomic E-state index is 12.7. The largest absolute Gasteiger partial charge is 0.379 e. The van der Waals surface area contributed by atoms with Crippen molar-refractivity contribution in [1.29, 1.82) is 0 Å². The zero-order valence-corrected chi connectivity index (χ0v) is 15.2. The van der Waals surface area contributed by atoms with Gasteiger partial charge >= 0.3 is 0 Å². The van der Waals surface area contributed by atoms with E-state index in [2.05, 4.69) is 10.9 Å². The van der Waals surface area contributed by atoms with Crippen LogP contribution < -0.4 is 10.9 Å². The summed E-state index contributed by atoms with van der Waals surface area (Å²) in [6.07, 6.45) is 0. The summed E-state index contributed by atoms with van der Waals surface area (Å²) >= 11 is 0. The Kier molecular flexibility index (Phi) is 5.84. The van der Waals surface area contributed by atoms with Gasteiger partial charge in [0.15, 0.2) is 0 Å². The number of hydrazine groups is 1. The summed E-state index contributed by atoms with van der Waals surface area (Å²) in [6, 6.07) is 14.1. The molecule has 1 fully saturated rings. The SMILES string of the molecule is O=C(NNC(=O)c1cccc(S(=O)(=O)N2CCOCC2)c1)c1ccccc1. The third-order valence-electron chi connectivity index (χ3n) is 4.03. The fraction of sp³-hybridized carbons (Fsp3) is 0.222. The van der Waals surface area contributed by atoms with Gasteiger partial charge in [-0.05, 0) is 30.3 Å².